The van der Waals surface area contributed by atoms with Crippen molar-refractivity contribution in [1.29, 1.82) is 0 Å². The number of aldehydes is 1. The number of para-hydroxylation sites is 1. The van der Waals surface area contributed by atoms with Crippen molar-refractivity contribution < 1.29 is 4.79 Å². The van der Waals surface area contributed by atoms with Crippen LogP contribution in [0.25, 0.3) is 0 Å². The van der Waals surface area contributed by atoms with Crippen molar-refractivity contribution in [2.24, 2.45) is 0 Å². The van der Waals surface area contributed by atoms with E-state index in [2.05, 4.69) is 63.9 Å². The van der Waals surface area contributed by atoms with Crippen LogP contribution in [0.2, 0.25) is 0 Å². The summed E-state index contributed by atoms with van der Waals surface area (Å²) in [5.41, 5.74) is 3.88. The minimum absolute atomic E-state index is 0.680. The number of nitrogens with zero attached hydrogens (tertiary/aromatic N) is 1. The van der Waals surface area contributed by atoms with Crippen molar-refractivity contribution in [3.8, 4) is 0 Å². The molecule has 0 aliphatic heterocycles. The molecule has 0 unspecified atom stereocenters. The van der Waals surface area contributed by atoms with E-state index in [9.17, 15) is 4.79 Å². The Balaban J connectivity index is 2.09. The molecule has 0 atom stereocenters. The summed E-state index contributed by atoms with van der Waals surface area (Å²) in [6.45, 7) is 0. The lowest BCUT2D eigenvalue weighted by molar-refractivity contribution is 0.112. The number of rotatable bonds is 4. The highest BCUT2D eigenvalue weighted by molar-refractivity contribution is 14.1. The quantitative estimate of drug-likeness (QED) is 0.422. The predicted octanol–water partition coefficient (Wildman–Crippen LogP) is 5.57. The third-order valence-corrected chi connectivity index (χ3v) is 4.11. The van der Waals surface area contributed by atoms with Crippen molar-refractivity contribution in [3.63, 3.8) is 0 Å². The number of anilines is 3. The van der Waals surface area contributed by atoms with Gasteiger partial charge in [0.1, 0.15) is 6.29 Å². The number of carbonyl (C=O) groups is 1. The average molecular weight is 399 g/mol. The first-order chi connectivity index (χ1) is 10.8. The first kappa shape index (κ1) is 14.8. The van der Waals surface area contributed by atoms with Crippen LogP contribution >= 0.6 is 22.6 Å². The van der Waals surface area contributed by atoms with E-state index >= 15 is 0 Å². The number of halogens is 1. The fourth-order valence-electron chi connectivity index (χ4n) is 2.32. The molecule has 108 valence electrons. The van der Waals surface area contributed by atoms with Crippen LogP contribution in [0.5, 0.6) is 0 Å². The SMILES string of the molecule is O=Cc1ccc(N(c2ccccc2)c2ccc(I)cc2)cc1. The van der Waals surface area contributed by atoms with Crippen LogP contribution < -0.4 is 4.90 Å². The van der Waals surface area contributed by atoms with Crippen molar-refractivity contribution in [2.45, 2.75) is 0 Å². The van der Waals surface area contributed by atoms with E-state index in [1.165, 1.54) is 3.57 Å². The minimum Gasteiger partial charge on any atom is -0.311 e. The van der Waals surface area contributed by atoms with Crippen LogP contribution in [0.1, 0.15) is 10.4 Å². The third kappa shape index (κ3) is 3.20. The normalized spacial score (nSPS) is 10.2. The molecule has 3 aromatic rings. The first-order valence-corrected chi connectivity index (χ1v) is 8.02. The zero-order valence-corrected chi connectivity index (χ0v) is 14.0. The fourth-order valence-corrected chi connectivity index (χ4v) is 2.68. The molecule has 0 N–H and O–H groups in total. The standard InChI is InChI=1S/C19H14INO/c20-16-8-12-19(13-9-16)21(17-4-2-1-3-5-17)18-10-6-15(14-22)7-11-18/h1-14H. The zero-order valence-electron chi connectivity index (χ0n) is 11.8. The molecule has 0 saturated heterocycles. The van der Waals surface area contributed by atoms with Crippen LogP contribution in [0.15, 0.2) is 78.9 Å². The summed E-state index contributed by atoms with van der Waals surface area (Å²) in [4.78, 5) is 13.0. The smallest absolute Gasteiger partial charge is 0.150 e. The number of hydrogen-bond donors (Lipinski definition) is 0. The molecule has 0 aliphatic rings. The molecule has 3 rings (SSSR count). The zero-order chi connectivity index (χ0) is 15.4. The molecule has 22 heavy (non-hydrogen) atoms. The largest absolute Gasteiger partial charge is 0.311 e. The molecule has 0 aromatic heterocycles. The Hall–Kier alpha value is -2.14. The lowest BCUT2D eigenvalue weighted by Gasteiger charge is -2.25. The van der Waals surface area contributed by atoms with Crippen LogP contribution in [-0.2, 0) is 0 Å². The Kier molecular flexibility index (Phi) is 4.53. The summed E-state index contributed by atoms with van der Waals surface area (Å²) in [5, 5.41) is 0. The third-order valence-electron chi connectivity index (χ3n) is 3.39. The van der Waals surface area contributed by atoms with Gasteiger partial charge in [-0.2, -0.15) is 0 Å². The van der Waals surface area contributed by atoms with E-state index in [0.29, 0.717) is 5.56 Å². The maximum atomic E-state index is 10.9. The van der Waals surface area contributed by atoms with Crippen LogP contribution in [0, 0.1) is 3.57 Å². The molecule has 3 aromatic carbocycles. The molecule has 0 radical (unpaired) electrons. The van der Waals surface area contributed by atoms with Crippen LogP contribution in [0.3, 0.4) is 0 Å². The van der Waals surface area contributed by atoms with Crippen LogP contribution in [0.4, 0.5) is 17.1 Å². The molecule has 0 heterocycles. The maximum Gasteiger partial charge on any atom is 0.150 e. The summed E-state index contributed by atoms with van der Waals surface area (Å²) in [6.07, 6.45) is 0.863. The molecule has 0 fully saturated rings. The molecular formula is C19H14INO. The number of carbonyl (C=O) groups excluding carboxylic acids is 1. The minimum atomic E-state index is 0.680. The Labute approximate surface area is 143 Å². The topological polar surface area (TPSA) is 20.3 Å². The van der Waals surface area contributed by atoms with E-state index in [4.69, 9.17) is 0 Å². The summed E-state index contributed by atoms with van der Waals surface area (Å²) in [5.74, 6) is 0. The second-order valence-electron chi connectivity index (χ2n) is 4.86. The molecular weight excluding hydrogens is 385 g/mol. The van der Waals surface area contributed by atoms with E-state index in [1.54, 1.807) is 0 Å². The van der Waals surface area contributed by atoms with Gasteiger partial charge in [-0.1, -0.05) is 18.2 Å². The van der Waals surface area contributed by atoms with Gasteiger partial charge in [-0.15, -0.1) is 0 Å². The van der Waals surface area contributed by atoms with Gasteiger partial charge in [-0.3, -0.25) is 4.79 Å². The Bertz CT molecular complexity index is 752. The molecule has 0 bridgehead atoms. The second-order valence-corrected chi connectivity index (χ2v) is 6.10. The van der Waals surface area contributed by atoms with Gasteiger partial charge in [-0.05, 0) is 83.3 Å². The lowest BCUT2D eigenvalue weighted by atomic mass is 10.1. The van der Waals surface area contributed by atoms with Crippen molar-refractivity contribution in [2.75, 3.05) is 4.90 Å². The highest BCUT2D eigenvalue weighted by Crippen LogP contribution is 2.34. The van der Waals surface area contributed by atoms with Gasteiger partial charge < -0.3 is 4.90 Å². The average Bonchev–Trinajstić information content (AvgIpc) is 2.58. The highest BCUT2D eigenvalue weighted by Gasteiger charge is 2.11. The molecule has 0 spiro atoms. The van der Waals surface area contributed by atoms with E-state index in [-0.39, 0.29) is 0 Å². The second kappa shape index (κ2) is 6.75. The maximum absolute atomic E-state index is 10.9. The Morgan fingerprint density at radius 2 is 1.18 bits per heavy atom. The van der Waals surface area contributed by atoms with Crippen molar-refractivity contribution in [3.05, 3.63) is 88.0 Å². The van der Waals surface area contributed by atoms with E-state index < -0.39 is 0 Å². The molecule has 0 amide bonds. The Morgan fingerprint density at radius 1 is 0.682 bits per heavy atom. The van der Waals surface area contributed by atoms with E-state index in [1.807, 2.05) is 42.5 Å². The predicted molar refractivity (Wildman–Crippen MR) is 99.2 cm³/mol. The summed E-state index contributed by atoms with van der Waals surface area (Å²) < 4.78 is 1.20. The van der Waals surface area contributed by atoms with Gasteiger partial charge in [0.15, 0.2) is 0 Å². The lowest BCUT2D eigenvalue weighted by Crippen LogP contribution is -2.09. The van der Waals surface area contributed by atoms with Crippen LogP contribution in [-0.4, -0.2) is 6.29 Å². The summed E-state index contributed by atoms with van der Waals surface area (Å²) in [7, 11) is 0. The van der Waals surface area contributed by atoms with E-state index in [0.717, 1.165) is 23.3 Å². The highest BCUT2D eigenvalue weighted by atomic mass is 127. The van der Waals surface area contributed by atoms with Gasteiger partial charge >= 0.3 is 0 Å². The molecule has 2 nitrogen and oxygen atoms in total. The monoisotopic (exact) mass is 399 g/mol. The first-order valence-electron chi connectivity index (χ1n) is 6.94. The number of hydrogen-bond acceptors (Lipinski definition) is 2. The molecule has 3 heteroatoms. The van der Waals surface area contributed by atoms with Gasteiger partial charge in [0, 0.05) is 26.2 Å². The number of benzene rings is 3. The molecule has 0 saturated carbocycles. The van der Waals surface area contributed by atoms with Crippen molar-refractivity contribution in [1.82, 2.24) is 0 Å². The summed E-state index contributed by atoms with van der Waals surface area (Å²) in [6, 6.07) is 26.2. The summed E-state index contributed by atoms with van der Waals surface area (Å²) >= 11 is 2.30. The Morgan fingerprint density at radius 3 is 1.73 bits per heavy atom. The van der Waals surface area contributed by atoms with Gasteiger partial charge in [0.05, 0.1) is 0 Å². The van der Waals surface area contributed by atoms with Crippen molar-refractivity contribution >= 4 is 45.9 Å². The van der Waals surface area contributed by atoms with Gasteiger partial charge in [-0.25, -0.2) is 0 Å². The molecule has 0 aliphatic carbocycles. The fraction of sp³-hybridized carbons (Fsp3) is 0. The van der Waals surface area contributed by atoms with Gasteiger partial charge in [0.2, 0.25) is 0 Å². The van der Waals surface area contributed by atoms with Gasteiger partial charge in [0.25, 0.3) is 0 Å².